The van der Waals surface area contributed by atoms with E-state index in [1.54, 1.807) is 0 Å². The van der Waals surface area contributed by atoms with Gasteiger partial charge in [0.2, 0.25) is 0 Å². The van der Waals surface area contributed by atoms with Gasteiger partial charge in [0.25, 0.3) is 0 Å². The van der Waals surface area contributed by atoms with Crippen LogP contribution in [-0.2, 0) is 28.5 Å². The lowest BCUT2D eigenvalue weighted by Gasteiger charge is -2.39. The molecule has 0 aromatic rings. The largest absolute Gasteiger partial charge is 0.465 e. The van der Waals surface area contributed by atoms with Crippen molar-refractivity contribution in [2.75, 3.05) is 47.1 Å². The summed E-state index contributed by atoms with van der Waals surface area (Å²) in [4.78, 5) is 28.5. The third kappa shape index (κ3) is 25.4. The molecule has 0 saturated carbocycles. The molecule has 0 atom stereocenters. The summed E-state index contributed by atoms with van der Waals surface area (Å²) in [5, 5.41) is 0. The number of esters is 2. The summed E-state index contributed by atoms with van der Waals surface area (Å²) in [6.45, 7) is 8.75. The van der Waals surface area contributed by atoms with Gasteiger partial charge in [-0.15, -0.1) is 0 Å². The highest BCUT2D eigenvalue weighted by atomic mass is 16.7. The molecule has 0 aliphatic carbocycles. The number of carbonyl (C=O) groups excluding carboxylic acids is 2. The van der Waals surface area contributed by atoms with E-state index in [2.05, 4.69) is 39.8 Å². The van der Waals surface area contributed by atoms with Crippen LogP contribution in [0.3, 0.4) is 0 Å². The van der Waals surface area contributed by atoms with Crippen LogP contribution in [-0.4, -0.2) is 70.2 Å². The topological polar surface area (TPSA) is 74.3 Å². The zero-order valence-electron chi connectivity index (χ0n) is 33.2. The Morgan fingerprint density at radius 3 is 1.51 bits per heavy atom. The molecule has 0 radical (unpaired) electrons. The molecule has 0 spiro atoms. The second-order valence-corrected chi connectivity index (χ2v) is 15.5. The summed E-state index contributed by atoms with van der Waals surface area (Å²) in [5.41, 5.74) is -0.675. The van der Waals surface area contributed by atoms with Gasteiger partial charge in [0.15, 0.2) is 6.29 Å². The van der Waals surface area contributed by atoms with Crippen LogP contribution in [0.25, 0.3) is 0 Å². The summed E-state index contributed by atoms with van der Waals surface area (Å²) in [5.74, 6) is -0.354. The Kier molecular flexibility index (Phi) is 29.5. The van der Waals surface area contributed by atoms with E-state index in [1.165, 1.54) is 116 Å². The maximum Gasteiger partial charge on any atom is 0.308 e. The van der Waals surface area contributed by atoms with Gasteiger partial charge in [0, 0.05) is 6.42 Å². The van der Waals surface area contributed by atoms with Crippen molar-refractivity contribution in [3.8, 4) is 0 Å². The Morgan fingerprint density at radius 1 is 0.612 bits per heavy atom. The van der Waals surface area contributed by atoms with Gasteiger partial charge >= 0.3 is 11.9 Å². The van der Waals surface area contributed by atoms with Crippen molar-refractivity contribution in [2.24, 2.45) is 11.3 Å². The average Bonchev–Trinajstić information content (AvgIpc) is 3.09. The van der Waals surface area contributed by atoms with Gasteiger partial charge in [0.05, 0.1) is 24.5 Å². The first-order chi connectivity index (χ1) is 23.9. The van der Waals surface area contributed by atoms with Crippen molar-refractivity contribution in [3.63, 3.8) is 0 Å². The first-order valence-electron chi connectivity index (χ1n) is 21.1. The van der Waals surface area contributed by atoms with Crippen molar-refractivity contribution in [1.82, 2.24) is 4.90 Å². The second-order valence-electron chi connectivity index (χ2n) is 15.5. The van der Waals surface area contributed by atoms with Crippen LogP contribution < -0.4 is 0 Å². The van der Waals surface area contributed by atoms with Crippen molar-refractivity contribution >= 4 is 11.9 Å². The van der Waals surface area contributed by atoms with Gasteiger partial charge < -0.3 is 23.8 Å². The first-order valence-corrected chi connectivity index (χ1v) is 21.1. The van der Waals surface area contributed by atoms with E-state index in [4.69, 9.17) is 18.9 Å². The Morgan fingerprint density at radius 2 is 1.04 bits per heavy atom. The van der Waals surface area contributed by atoms with Gasteiger partial charge in [-0.2, -0.15) is 0 Å². The summed E-state index contributed by atoms with van der Waals surface area (Å²) >= 11 is 0. The number of hydrogen-bond donors (Lipinski definition) is 0. The molecule has 1 rings (SSSR count). The highest BCUT2D eigenvalue weighted by Gasteiger charge is 2.40. The van der Waals surface area contributed by atoms with E-state index >= 15 is 0 Å². The SMILES string of the molecule is CCCCCCCCCCC(=O)OCC1(COC(=O)C(CCCCCCCCC)CCCCCCCCC)COC(CCCN(C)C)OC1. The van der Waals surface area contributed by atoms with Crippen LogP contribution in [0.4, 0.5) is 0 Å². The molecule has 7 heteroatoms. The molecule has 49 heavy (non-hydrogen) atoms. The zero-order valence-corrected chi connectivity index (χ0v) is 33.2. The fourth-order valence-corrected chi connectivity index (χ4v) is 6.71. The van der Waals surface area contributed by atoms with Crippen LogP contribution in [0.2, 0.25) is 0 Å². The van der Waals surface area contributed by atoms with Crippen LogP contribution in [0.5, 0.6) is 0 Å². The Balaban J connectivity index is 2.70. The molecule has 1 aliphatic rings. The van der Waals surface area contributed by atoms with Crippen molar-refractivity contribution in [3.05, 3.63) is 0 Å². The molecule has 0 unspecified atom stereocenters. The van der Waals surface area contributed by atoms with Gasteiger partial charge in [-0.05, 0) is 52.7 Å². The van der Waals surface area contributed by atoms with Crippen LogP contribution >= 0.6 is 0 Å². The number of rotatable bonds is 34. The van der Waals surface area contributed by atoms with E-state index in [0.717, 1.165) is 57.9 Å². The van der Waals surface area contributed by atoms with Gasteiger partial charge in [-0.1, -0.05) is 156 Å². The molecule has 0 aromatic carbocycles. The third-order valence-corrected chi connectivity index (χ3v) is 10.1. The normalized spacial score (nSPS) is 18.0. The minimum Gasteiger partial charge on any atom is -0.465 e. The predicted molar refractivity (Wildman–Crippen MR) is 204 cm³/mol. The maximum atomic E-state index is 13.6. The fraction of sp³-hybridized carbons (Fsp3) is 0.952. The van der Waals surface area contributed by atoms with Crippen molar-refractivity contribution < 1.29 is 28.5 Å². The Hall–Kier alpha value is -1.18. The minimum atomic E-state index is -0.675. The highest BCUT2D eigenvalue weighted by Crippen LogP contribution is 2.29. The molecule has 1 aliphatic heterocycles. The lowest BCUT2D eigenvalue weighted by Crippen LogP contribution is -2.49. The monoisotopic (exact) mass is 696 g/mol. The molecule has 1 saturated heterocycles. The lowest BCUT2D eigenvalue weighted by atomic mass is 9.90. The molecule has 0 aromatic heterocycles. The summed E-state index contributed by atoms with van der Waals surface area (Å²) < 4.78 is 24.3. The second kappa shape index (κ2) is 31.5. The van der Waals surface area contributed by atoms with Crippen LogP contribution in [0, 0.1) is 11.3 Å². The van der Waals surface area contributed by atoms with E-state index in [-0.39, 0.29) is 37.4 Å². The van der Waals surface area contributed by atoms with Gasteiger partial charge in [-0.25, -0.2) is 0 Å². The third-order valence-electron chi connectivity index (χ3n) is 10.1. The smallest absolute Gasteiger partial charge is 0.308 e. The molecule has 0 bridgehead atoms. The van der Waals surface area contributed by atoms with E-state index in [0.29, 0.717) is 19.6 Å². The number of nitrogens with zero attached hydrogens (tertiary/aromatic N) is 1. The quantitative estimate of drug-likeness (QED) is 0.0490. The highest BCUT2D eigenvalue weighted by molar-refractivity contribution is 5.72. The molecule has 7 nitrogen and oxygen atoms in total. The van der Waals surface area contributed by atoms with E-state index < -0.39 is 5.41 Å². The number of unbranched alkanes of at least 4 members (excludes halogenated alkanes) is 19. The average molecular weight is 696 g/mol. The number of hydrogen-bond acceptors (Lipinski definition) is 7. The molecule has 290 valence electrons. The molecular weight excluding hydrogens is 614 g/mol. The van der Waals surface area contributed by atoms with Gasteiger partial charge in [0.1, 0.15) is 13.2 Å². The van der Waals surface area contributed by atoms with Crippen LogP contribution in [0.1, 0.15) is 194 Å². The molecule has 0 amide bonds. The van der Waals surface area contributed by atoms with Crippen molar-refractivity contribution in [2.45, 2.75) is 200 Å². The van der Waals surface area contributed by atoms with Crippen LogP contribution in [0.15, 0.2) is 0 Å². The fourth-order valence-electron chi connectivity index (χ4n) is 6.71. The number of ether oxygens (including phenoxy) is 4. The summed E-state index contributed by atoms with van der Waals surface area (Å²) in [6, 6.07) is 0. The standard InChI is InChI=1S/C42H81NO6/c1-6-9-12-15-18-21-24-27-31-39(44)46-34-42(35-47-40(48-36-42)32-28-33-43(4)5)37-49-41(45)38(29-25-22-19-16-13-10-7-2)30-26-23-20-17-14-11-8-3/h38,40H,6-37H2,1-5H3. The number of carbonyl (C=O) groups is 2. The minimum absolute atomic E-state index is 0.0722. The predicted octanol–water partition coefficient (Wildman–Crippen LogP) is 11.2. The Labute approximate surface area is 303 Å². The summed E-state index contributed by atoms with van der Waals surface area (Å²) in [7, 11) is 4.14. The maximum absolute atomic E-state index is 13.6. The zero-order chi connectivity index (χ0) is 35.8. The Bertz CT molecular complexity index is 748. The van der Waals surface area contributed by atoms with Crippen molar-refractivity contribution in [1.29, 1.82) is 0 Å². The van der Waals surface area contributed by atoms with E-state index in [1.807, 2.05) is 0 Å². The molecule has 1 fully saturated rings. The van der Waals surface area contributed by atoms with Gasteiger partial charge in [-0.3, -0.25) is 9.59 Å². The summed E-state index contributed by atoms with van der Waals surface area (Å²) in [6.07, 6.45) is 30.6. The lowest BCUT2D eigenvalue weighted by molar-refractivity contribution is -0.250. The molecule has 0 N–H and O–H groups in total. The molecular formula is C42H81NO6. The molecule has 1 heterocycles. The van der Waals surface area contributed by atoms with E-state index in [9.17, 15) is 9.59 Å². The first kappa shape index (κ1) is 45.8.